The van der Waals surface area contributed by atoms with Gasteiger partial charge in [-0.05, 0) is 78.9 Å². The van der Waals surface area contributed by atoms with E-state index in [4.69, 9.17) is 23.2 Å². The number of sulfonamides is 1. The highest BCUT2D eigenvalue weighted by molar-refractivity contribution is 7.92. The first-order valence-corrected chi connectivity index (χ1v) is 17.5. The van der Waals surface area contributed by atoms with Gasteiger partial charge in [0.25, 0.3) is 10.0 Å². The summed E-state index contributed by atoms with van der Waals surface area (Å²) in [7, 11) is -4.22. The van der Waals surface area contributed by atoms with Crippen LogP contribution in [0, 0.1) is 6.92 Å². The molecule has 0 aromatic heterocycles. The van der Waals surface area contributed by atoms with Crippen LogP contribution < -0.4 is 9.62 Å². The number of carbonyl (C=O) groups excluding carboxylic acids is 2. The number of hydrogen-bond donors (Lipinski definition) is 1. The molecule has 46 heavy (non-hydrogen) atoms. The van der Waals surface area contributed by atoms with Crippen LogP contribution in [-0.4, -0.2) is 43.8 Å². The molecule has 5 rings (SSSR count). The second-order valence-electron chi connectivity index (χ2n) is 11.6. The number of halogens is 2. The quantitative estimate of drug-likeness (QED) is 0.172. The molecule has 1 atom stereocenters. The van der Waals surface area contributed by atoms with Crippen molar-refractivity contribution in [2.24, 2.45) is 0 Å². The van der Waals surface area contributed by atoms with Gasteiger partial charge in [-0.25, -0.2) is 8.42 Å². The SMILES string of the molecule is Cc1ccccc1N(CC(=O)N(Cc1cccc(Cl)c1)[C@@H](Cc1ccccc1)C(=O)NC1CCCC1)S(=O)(=O)c1ccc(Cl)cc1. The van der Waals surface area contributed by atoms with E-state index in [1.165, 1.54) is 29.2 Å². The van der Waals surface area contributed by atoms with Crippen molar-refractivity contribution in [3.8, 4) is 0 Å². The number of aryl methyl sites for hydroxylation is 1. The number of para-hydroxylation sites is 1. The third-order valence-electron chi connectivity index (χ3n) is 8.28. The standard InChI is InChI=1S/C36H37Cl2N3O4S/c1-26-10-5-8-17-33(26)41(46(44,45)32-20-18-29(37)19-21-32)25-35(42)40(24-28-13-9-14-30(38)22-28)34(23-27-11-3-2-4-12-27)36(43)39-31-15-6-7-16-31/h2-5,8-14,17-22,31,34H,6-7,15-16,23-25H2,1H3,(H,39,43)/t34-/m0/s1. The Morgan fingerprint density at radius 3 is 2.15 bits per heavy atom. The minimum Gasteiger partial charge on any atom is -0.352 e. The molecule has 1 aliphatic rings. The minimum atomic E-state index is -4.22. The molecule has 240 valence electrons. The largest absolute Gasteiger partial charge is 0.352 e. The monoisotopic (exact) mass is 677 g/mol. The molecule has 1 fully saturated rings. The number of carbonyl (C=O) groups is 2. The number of anilines is 1. The molecule has 4 aromatic rings. The van der Waals surface area contributed by atoms with Gasteiger partial charge in [0, 0.05) is 29.1 Å². The summed E-state index contributed by atoms with van der Waals surface area (Å²) in [5.74, 6) is -0.794. The summed E-state index contributed by atoms with van der Waals surface area (Å²) in [4.78, 5) is 30.2. The van der Waals surface area contributed by atoms with Crippen LogP contribution in [0.1, 0.15) is 42.4 Å². The number of nitrogens with one attached hydrogen (secondary N) is 1. The normalized spacial score (nSPS) is 14.1. The first-order chi connectivity index (χ1) is 22.1. The molecule has 0 aliphatic heterocycles. The zero-order chi connectivity index (χ0) is 32.7. The van der Waals surface area contributed by atoms with E-state index in [9.17, 15) is 18.0 Å². The maximum Gasteiger partial charge on any atom is 0.264 e. The van der Waals surface area contributed by atoms with Crippen LogP contribution in [0.3, 0.4) is 0 Å². The van der Waals surface area contributed by atoms with Crippen molar-refractivity contribution in [3.63, 3.8) is 0 Å². The van der Waals surface area contributed by atoms with E-state index in [2.05, 4.69) is 5.32 Å². The number of rotatable bonds is 12. The Bertz CT molecular complexity index is 1760. The lowest BCUT2D eigenvalue weighted by atomic mass is 10.0. The third kappa shape index (κ3) is 8.29. The van der Waals surface area contributed by atoms with Gasteiger partial charge >= 0.3 is 0 Å². The molecule has 1 N–H and O–H groups in total. The number of amides is 2. The predicted molar refractivity (Wildman–Crippen MR) is 183 cm³/mol. The van der Waals surface area contributed by atoms with Crippen molar-refractivity contribution < 1.29 is 18.0 Å². The maximum atomic E-state index is 14.6. The Hall–Kier alpha value is -3.85. The summed E-state index contributed by atoms with van der Waals surface area (Å²) < 4.78 is 29.5. The Morgan fingerprint density at radius 1 is 0.826 bits per heavy atom. The maximum absolute atomic E-state index is 14.6. The van der Waals surface area contributed by atoms with Crippen LogP contribution in [0.5, 0.6) is 0 Å². The topological polar surface area (TPSA) is 86.8 Å². The van der Waals surface area contributed by atoms with Gasteiger partial charge in [0.05, 0.1) is 10.6 Å². The van der Waals surface area contributed by atoms with E-state index in [0.29, 0.717) is 21.3 Å². The summed E-state index contributed by atoms with van der Waals surface area (Å²) in [5, 5.41) is 4.07. The van der Waals surface area contributed by atoms with E-state index in [1.807, 2.05) is 42.5 Å². The van der Waals surface area contributed by atoms with Crippen molar-refractivity contribution in [2.75, 3.05) is 10.8 Å². The lowest BCUT2D eigenvalue weighted by Gasteiger charge is -2.34. The van der Waals surface area contributed by atoms with Crippen LogP contribution in [0.25, 0.3) is 0 Å². The molecule has 0 bridgehead atoms. The zero-order valence-corrected chi connectivity index (χ0v) is 27.9. The Morgan fingerprint density at radius 2 is 1.48 bits per heavy atom. The van der Waals surface area contributed by atoms with E-state index in [-0.39, 0.29) is 29.8 Å². The molecular weight excluding hydrogens is 641 g/mol. The number of nitrogens with zero attached hydrogens (tertiary/aromatic N) is 2. The van der Waals surface area contributed by atoms with E-state index >= 15 is 0 Å². The average Bonchev–Trinajstić information content (AvgIpc) is 3.55. The van der Waals surface area contributed by atoms with E-state index < -0.39 is 28.5 Å². The van der Waals surface area contributed by atoms with Crippen molar-refractivity contribution >= 4 is 50.7 Å². The Labute approximate surface area is 281 Å². The highest BCUT2D eigenvalue weighted by atomic mass is 35.5. The predicted octanol–water partition coefficient (Wildman–Crippen LogP) is 7.20. The van der Waals surface area contributed by atoms with Crippen molar-refractivity contribution in [1.29, 1.82) is 0 Å². The average molecular weight is 679 g/mol. The fourth-order valence-corrected chi connectivity index (χ4v) is 7.66. The van der Waals surface area contributed by atoms with Crippen LogP contribution in [0.15, 0.2) is 108 Å². The molecule has 1 aliphatic carbocycles. The molecule has 0 saturated heterocycles. The number of hydrogen-bond acceptors (Lipinski definition) is 4. The Kier molecular flexibility index (Phi) is 11.0. The van der Waals surface area contributed by atoms with Gasteiger partial charge in [-0.3, -0.25) is 13.9 Å². The van der Waals surface area contributed by atoms with Crippen LogP contribution in [0.2, 0.25) is 10.0 Å². The van der Waals surface area contributed by atoms with Gasteiger partial charge < -0.3 is 10.2 Å². The highest BCUT2D eigenvalue weighted by Gasteiger charge is 2.36. The molecular formula is C36H37Cl2N3O4S. The van der Waals surface area contributed by atoms with Crippen molar-refractivity contribution in [2.45, 2.75) is 62.6 Å². The lowest BCUT2D eigenvalue weighted by Crippen LogP contribution is -2.54. The molecule has 0 unspecified atom stereocenters. The van der Waals surface area contributed by atoms with Gasteiger partial charge in [0.1, 0.15) is 12.6 Å². The Balaban J connectivity index is 1.57. The fraction of sp³-hybridized carbons (Fsp3) is 0.278. The first-order valence-electron chi connectivity index (χ1n) is 15.3. The molecule has 0 spiro atoms. The first kappa shape index (κ1) is 33.5. The van der Waals surface area contributed by atoms with Crippen LogP contribution in [0.4, 0.5) is 5.69 Å². The summed E-state index contributed by atoms with van der Waals surface area (Å²) in [5.41, 5.74) is 2.63. The zero-order valence-electron chi connectivity index (χ0n) is 25.6. The molecule has 4 aromatic carbocycles. The highest BCUT2D eigenvalue weighted by Crippen LogP contribution is 2.29. The molecule has 2 amide bonds. The van der Waals surface area contributed by atoms with Crippen molar-refractivity contribution in [1.82, 2.24) is 10.2 Å². The molecule has 1 saturated carbocycles. The molecule has 0 heterocycles. The van der Waals surface area contributed by atoms with Gasteiger partial charge in [0.2, 0.25) is 11.8 Å². The third-order valence-corrected chi connectivity index (χ3v) is 10.5. The summed E-state index contributed by atoms with van der Waals surface area (Å²) >= 11 is 12.4. The summed E-state index contributed by atoms with van der Waals surface area (Å²) in [6.45, 7) is 1.32. The summed E-state index contributed by atoms with van der Waals surface area (Å²) in [6.07, 6.45) is 4.08. The second-order valence-corrected chi connectivity index (χ2v) is 14.3. The van der Waals surface area contributed by atoms with Gasteiger partial charge in [0.15, 0.2) is 0 Å². The molecule has 0 radical (unpaired) electrons. The minimum absolute atomic E-state index is 0.00541. The fourth-order valence-electron chi connectivity index (χ4n) is 5.84. The van der Waals surface area contributed by atoms with Gasteiger partial charge in [-0.2, -0.15) is 0 Å². The van der Waals surface area contributed by atoms with Gasteiger partial charge in [-0.15, -0.1) is 0 Å². The van der Waals surface area contributed by atoms with E-state index in [0.717, 1.165) is 41.1 Å². The van der Waals surface area contributed by atoms with Gasteiger partial charge in [-0.1, -0.05) is 96.7 Å². The molecule has 10 heteroatoms. The van der Waals surface area contributed by atoms with Crippen LogP contribution in [-0.2, 0) is 32.6 Å². The smallest absolute Gasteiger partial charge is 0.264 e. The molecule has 7 nitrogen and oxygen atoms in total. The number of benzene rings is 4. The van der Waals surface area contributed by atoms with E-state index in [1.54, 1.807) is 43.3 Å². The van der Waals surface area contributed by atoms with Crippen LogP contribution >= 0.6 is 23.2 Å². The summed E-state index contributed by atoms with van der Waals surface area (Å²) in [6, 6.07) is 28.6. The van der Waals surface area contributed by atoms with Crippen molar-refractivity contribution in [3.05, 3.63) is 130 Å². The lowest BCUT2D eigenvalue weighted by molar-refractivity contribution is -0.140. The second kappa shape index (κ2) is 15.2.